The Kier molecular flexibility index (Phi) is 3.81. The van der Waals surface area contributed by atoms with Crippen molar-refractivity contribution in [3.05, 3.63) is 71.8 Å². The molecule has 2 saturated carbocycles. The van der Waals surface area contributed by atoms with Crippen LogP contribution in [0.5, 0.6) is 5.75 Å². The number of benzene rings is 2. The van der Waals surface area contributed by atoms with Crippen molar-refractivity contribution in [3.8, 4) is 5.75 Å². The summed E-state index contributed by atoms with van der Waals surface area (Å²) in [5.41, 5.74) is 1.13. The number of carbonyl (C=O) groups excluding carboxylic acids is 4. The first-order valence-corrected chi connectivity index (χ1v) is 10.5. The van der Waals surface area contributed by atoms with E-state index in [-0.39, 0.29) is 41.0 Å². The number of nitrogens with zero attached hydrogens (tertiary/aromatic N) is 1. The standard InChI is InChI=1S/C25H19NO5/c27-12-13-4-6-16(7-5-13)31-25(30)14-2-1-3-15(10-14)26-23(28)21-17-8-9-18(20-11-19(17)20)22(21)24(26)29/h1-10,12,17-22H,11H2/t17-,18+,19-,20-,21+,22-/m1/s1. The van der Waals surface area contributed by atoms with Crippen molar-refractivity contribution in [2.45, 2.75) is 6.42 Å². The van der Waals surface area contributed by atoms with Gasteiger partial charge in [0.15, 0.2) is 0 Å². The van der Waals surface area contributed by atoms with Gasteiger partial charge < -0.3 is 4.74 Å². The minimum atomic E-state index is -0.597. The molecule has 2 bridgehead atoms. The number of imide groups is 1. The summed E-state index contributed by atoms with van der Waals surface area (Å²) >= 11 is 0. The van der Waals surface area contributed by atoms with Crippen molar-refractivity contribution in [1.29, 1.82) is 0 Å². The molecule has 154 valence electrons. The van der Waals surface area contributed by atoms with Crippen molar-refractivity contribution in [3.63, 3.8) is 0 Å². The van der Waals surface area contributed by atoms with Crippen LogP contribution in [0.3, 0.4) is 0 Å². The number of anilines is 1. The summed E-state index contributed by atoms with van der Waals surface area (Å²) < 4.78 is 5.38. The van der Waals surface area contributed by atoms with E-state index in [0.29, 0.717) is 35.1 Å². The highest BCUT2D eigenvalue weighted by molar-refractivity contribution is 6.23. The molecule has 1 aliphatic heterocycles. The lowest BCUT2D eigenvalue weighted by Gasteiger charge is -2.37. The Bertz CT molecular complexity index is 1130. The minimum absolute atomic E-state index is 0.156. The number of carbonyl (C=O) groups is 4. The van der Waals surface area contributed by atoms with Gasteiger partial charge in [-0.3, -0.25) is 14.4 Å². The van der Waals surface area contributed by atoms with Gasteiger partial charge >= 0.3 is 5.97 Å². The van der Waals surface area contributed by atoms with Crippen LogP contribution in [-0.2, 0) is 9.59 Å². The highest BCUT2D eigenvalue weighted by Crippen LogP contribution is 2.65. The number of amides is 2. The quantitative estimate of drug-likeness (QED) is 0.253. The number of aldehydes is 1. The molecule has 1 saturated heterocycles. The molecule has 5 aliphatic rings. The first-order chi connectivity index (χ1) is 15.1. The molecule has 4 aliphatic carbocycles. The Morgan fingerprint density at radius 3 is 2.19 bits per heavy atom. The van der Waals surface area contributed by atoms with Gasteiger partial charge in [0.05, 0.1) is 23.1 Å². The van der Waals surface area contributed by atoms with Crippen LogP contribution < -0.4 is 9.64 Å². The molecule has 7 rings (SSSR count). The van der Waals surface area contributed by atoms with E-state index in [0.717, 1.165) is 6.42 Å². The molecular formula is C25H19NO5. The average molecular weight is 413 g/mol. The molecule has 3 fully saturated rings. The van der Waals surface area contributed by atoms with E-state index in [1.165, 1.54) is 23.1 Å². The number of esters is 1. The lowest BCUT2D eigenvalue weighted by Crippen LogP contribution is -2.40. The van der Waals surface area contributed by atoms with E-state index < -0.39 is 5.97 Å². The average Bonchev–Trinajstić information content (AvgIpc) is 3.57. The maximum Gasteiger partial charge on any atom is 0.343 e. The third-order valence-corrected chi connectivity index (χ3v) is 7.23. The monoisotopic (exact) mass is 413 g/mol. The zero-order valence-corrected chi connectivity index (χ0v) is 16.5. The third-order valence-electron chi connectivity index (χ3n) is 7.23. The predicted octanol–water partition coefficient (Wildman–Crippen LogP) is 3.28. The molecule has 2 aromatic carbocycles. The first kappa shape index (κ1) is 18.2. The van der Waals surface area contributed by atoms with Crippen LogP contribution in [0.15, 0.2) is 60.7 Å². The van der Waals surface area contributed by atoms with Crippen molar-refractivity contribution < 1.29 is 23.9 Å². The van der Waals surface area contributed by atoms with Crippen LogP contribution in [0.1, 0.15) is 27.1 Å². The van der Waals surface area contributed by atoms with Crippen LogP contribution in [0.2, 0.25) is 0 Å². The molecule has 6 nitrogen and oxygen atoms in total. The second-order valence-corrected chi connectivity index (χ2v) is 8.79. The van der Waals surface area contributed by atoms with Gasteiger partial charge in [0.1, 0.15) is 12.0 Å². The zero-order chi connectivity index (χ0) is 21.3. The van der Waals surface area contributed by atoms with Crippen LogP contribution in [-0.4, -0.2) is 24.1 Å². The Morgan fingerprint density at radius 2 is 1.58 bits per heavy atom. The fourth-order valence-corrected chi connectivity index (χ4v) is 5.76. The summed E-state index contributed by atoms with van der Waals surface area (Å²) in [6.45, 7) is 0. The molecule has 0 aromatic heterocycles. The molecule has 2 aromatic rings. The van der Waals surface area contributed by atoms with Crippen LogP contribution >= 0.6 is 0 Å². The normalized spacial score (nSPS) is 31.9. The topological polar surface area (TPSA) is 80.8 Å². The van der Waals surface area contributed by atoms with E-state index in [1.54, 1.807) is 30.3 Å². The van der Waals surface area contributed by atoms with Gasteiger partial charge in [-0.2, -0.15) is 0 Å². The zero-order valence-electron chi connectivity index (χ0n) is 16.5. The van der Waals surface area contributed by atoms with Crippen molar-refractivity contribution in [2.24, 2.45) is 35.5 Å². The van der Waals surface area contributed by atoms with Crippen molar-refractivity contribution in [1.82, 2.24) is 0 Å². The Hall–Kier alpha value is -3.54. The highest BCUT2D eigenvalue weighted by Gasteiger charge is 2.67. The minimum Gasteiger partial charge on any atom is -0.423 e. The summed E-state index contributed by atoms with van der Waals surface area (Å²) in [7, 11) is 0. The van der Waals surface area contributed by atoms with Gasteiger partial charge in [-0.05, 0) is 72.6 Å². The fraction of sp³-hybridized carbons (Fsp3) is 0.280. The number of hydrogen-bond acceptors (Lipinski definition) is 5. The molecular weight excluding hydrogens is 394 g/mol. The van der Waals surface area contributed by atoms with E-state index >= 15 is 0 Å². The van der Waals surface area contributed by atoms with Gasteiger partial charge in [0, 0.05) is 5.56 Å². The predicted molar refractivity (Wildman–Crippen MR) is 110 cm³/mol. The maximum atomic E-state index is 13.3. The van der Waals surface area contributed by atoms with Gasteiger partial charge in [0.2, 0.25) is 11.8 Å². The fourth-order valence-electron chi connectivity index (χ4n) is 5.76. The third kappa shape index (κ3) is 2.64. The summed E-state index contributed by atoms with van der Waals surface area (Å²) in [5.74, 6) is 0.232. The molecule has 0 radical (unpaired) electrons. The molecule has 0 N–H and O–H groups in total. The summed E-state index contributed by atoms with van der Waals surface area (Å²) in [6, 6.07) is 12.6. The second-order valence-electron chi connectivity index (χ2n) is 8.79. The maximum absolute atomic E-state index is 13.3. The lowest BCUT2D eigenvalue weighted by atomic mass is 9.63. The summed E-state index contributed by atoms with van der Waals surface area (Å²) in [4.78, 5) is 51.2. The number of allylic oxidation sites excluding steroid dienone is 2. The smallest absolute Gasteiger partial charge is 0.343 e. The van der Waals surface area contributed by atoms with Crippen LogP contribution in [0.4, 0.5) is 5.69 Å². The van der Waals surface area contributed by atoms with Gasteiger partial charge in [-0.1, -0.05) is 18.2 Å². The number of rotatable bonds is 4. The molecule has 1 heterocycles. The number of ether oxygens (including phenoxy) is 1. The van der Waals surface area contributed by atoms with E-state index in [4.69, 9.17) is 4.74 Å². The second kappa shape index (κ2) is 6.48. The largest absolute Gasteiger partial charge is 0.423 e. The number of hydrogen-bond donors (Lipinski definition) is 0. The molecule has 6 atom stereocenters. The summed E-state index contributed by atoms with van der Waals surface area (Å²) in [5, 5.41) is 0. The van der Waals surface area contributed by atoms with Gasteiger partial charge in [-0.15, -0.1) is 0 Å². The van der Waals surface area contributed by atoms with E-state index in [9.17, 15) is 19.2 Å². The van der Waals surface area contributed by atoms with Crippen molar-refractivity contribution in [2.75, 3.05) is 4.90 Å². The van der Waals surface area contributed by atoms with Crippen LogP contribution in [0, 0.1) is 35.5 Å². The Balaban J connectivity index is 1.26. The lowest BCUT2D eigenvalue weighted by molar-refractivity contribution is -0.124. The molecule has 0 spiro atoms. The first-order valence-electron chi connectivity index (χ1n) is 10.5. The van der Waals surface area contributed by atoms with Crippen LogP contribution in [0.25, 0.3) is 0 Å². The molecule has 0 unspecified atom stereocenters. The highest BCUT2D eigenvalue weighted by atomic mass is 16.5. The van der Waals surface area contributed by atoms with Gasteiger partial charge in [0.25, 0.3) is 0 Å². The summed E-state index contributed by atoms with van der Waals surface area (Å²) in [6.07, 6.45) is 6.10. The van der Waals surface area contributed by atoms with E-state index in [1.807, 2.05) is 0 Å². The SMILES string of the molecule is O=Cc1ccc(OC(=O)c2cccc(N3C(=O)[C@@H]4[C@H]5C=C[C@H]([C@H]6C[C@H]56)[C@@H]4C3=O)c2)cc1. The van der Waals surface area contributed by atoms with E-state index in [2.05, 4.69) is 12.2 Å². The molecule has 2 amide bonds. The Morgan fingerprint density at radius 1 is 0.935 bits per heavy atom. The Labute approximate surface area is 178 Å². The molecule has 31 heavy (non-hydrogen) atoms. The molecule has 6 heteroatoms. The van der Waals surface area contributed by atoms with Crippen molar-refractivity contribution >= 4 is 29.8 Å². The van der Waals surface area contributed by atoms with Gasteiger partial charge in [-0.25, -0.2) is 9.69 Å².